The summed E-state index contributed by atoms with van der Waals surface area (Å²) in [5.74, 6) is -0.562. The lowest BCUT2D eigenvalue weighted by molar-refractivity contribution is 0.0736. The van der Waals surface area contributed by atoms with Crippen molar-refractivity contribution in [3.05, 3.63) is 34.6 Å². The van der Waals surface area contributed by atoms with Crippen molar-refractivity contribution in [2.45, 2.75) is 0 Å². The van der Waals surface area contributed by atoms with Gasteiger partial charge in [-0.2, -0.15) is 0 Å². The van der Waals surface area contributed by atoms with Gasteiger partial charge in [0.25, 0.3) is 5.91 Å². The third-order valence-corrected chi connectivity index (χ3v) is 2.88. The van der Waals surface area contributed by atoms with Gasteiger partial charge in [-0.3, -0.25) is 4.79 Å². The monoisotopic (exact) mass is 242 g/mol. The number of rotatable bonds is 1. The van der Waals surface area contributed by atoms with Crippen molar-refractivity contribution in [3.63, 3.8) is 0 Å². The number of benzene rings is 1. The molecular weight excluding hydrogens is 231 g/mol. The molecule has 0 radical (unpaired) electrons. The molecule has 0 unspecified atom stereocenters. The predicted octanol–water partition coefficient (Wildman–Crippen LogP) is 1.52. The maximum absolute atomic E-state index is 12.8. The summed E-state index contributed by atoms with van der Waals surface area (Å²) in [6.07, 6.45) is 0. The third-order valence-electron chi connectivity index (χ3n) is 2.57. The highest BCUT2D eigenvalue weighted by Gasteiger charge is 2.20. The minimum absolute atomic E-state index is 0.133. The number of piperazine rings is 1. The molecule has 0 saturated carbocycles. The van der Waals surface area contributed by atoms with Gasteiger partial charge in [0.15, 0.2) is 0 Å². The Kier molecular flexibility index (Phi) is 3.41. The zero-order valence-electron chi connectivity index (χ0n) is 8.67. The summed E-state index contributed by atoms with van der Waals surface area (Å²) in [5.41, 5.74) is 0.366. The van der Waals surface area contributed by atoms with Crippen LogP contribution in [0.1, 0.15) is 10.4 Å². The normalized spacial score (nSPS) is 16.2. The second-order valence-corrected chi connectivity index (χ2v) is 4.07. The molecule has 86 valence electrons. The van der Waals surface area contributed by atoms with E-state index in [1.165, 1.54) is 12.1 Å². The highest BCUT2D eigenvalue weighted by molar-refractivity contribution is 6.33. The molecule has 1 aromatic carbocycles. The lowest BCUT2D eigenvalue weighted by Gasteiger charge is -2.27. The summed E-state index contributed by atoms with van der Waals surface area (Å²) in [6.45, 7) is 2.88. The number of carbonyl (C=O) groups is 1. The second kappa shape index (κ2) is 4.80. The van der Waals surface area contributed by atoms with Gasteiger partial charge in [-0.1, -0.05) is 11.6 Å². The largest absolute Gasteiger partial charge is 0.336 e. The molecule has 5 heteroatoms. The molecule has 1 aliphatic heterocycles. The molecule has 16 heavy (non-hydrogen) atoms. The van der Waals surface area contributed by atoms with Crippen LogP contribution in [0.25, 0.3) is 0 Å². The molecule has 1 N–H and O–H groups in total. The zero-order valence-corrected chi connectivity index (χ0v) is 9.43. The first-order valence-electron chi connectivity index (χ1n) is 5.13. The van der Waals surface area contributed by atoms with Crippen LogP contribution in [0.3, 0.4) is 0 Å². The van der Waals surface area contributed by atoms with Crippen LogP contribution < -0.4 is 5.32 Å². The van der Waals surface area contributed by atoms with E-state index in [4.69, 9.17) is 11.6 Å². The minimum Gasteiger partial charge on any atom is -0.336 e. The van der Waals surface area contributed by atoms with Crippen LogP contribution in [0.2, 0.25) is 5.02 Å². The molecule has 0 atom stereocenters. The fraction of sp³-hybridized carbons (Fsp3) is 0.364. The van der Waals surface area contributed by atoms with E-state index < -0.39 is 5.82 Å². The number of nitrogens with one attached hydrogen (secondary N) is 1. The fourth-order valence-corrected chi connectivity index (χ4v) is 1.95. The van der Waals surface area contributed by atoms with Crippen LogP contribution in [0, 0.1) is 5.82 Å². The van der Waals surface area contributed by atoms with E-state index in [0.29, 0.717) is 18.7 Å². The summed E-state index contributed by atoms with van der Waals surface area (Å²) in [4.78, 5) is 13.7. The summed E-state index contributed by atoms with van der Waals surface area (Å²) < 4.78 is 12.8. The van der Waals surface area contributed by atoms with Crippen molar-refractivity contribution in [2.24, 2.45) is 0 Å². The molecule has 1 aliphatic rings. The van der Waals surface area contributed by atoms with Gasteiger partial charge in [-0.15, -0.1) is 0 Å². The highest BCUT2D eigenvalue weighted by atomic mass is 35.5. The van der Waals surface area contributed by atoms with Gasteiger partial charge in [0.1, 0.15) is 5.82 Å². The van der Waals surface area contributed by atoms with Crippen LogP contribution >= 0.6 is 11.6 Å². The van der Waals surface area contributed by atoms with Crippen molar-refractivity contribution < 1.29 is 9.18 Å². The van der Waals surface area contributed by atoms with Crippen molar-refractivity contribution in [2.75, 3.05) is 26.2 Å². The molecule has 1 heterocycles. The van der Waals surface area contributed by atoms with E-state index in [1.54, 1.807) is 4.90 Å². The zero-order chi connectivity index (χ0) is 11.5. The van der Waals surface area contributed by atoms with E-state index in [0.717, 1.165) is 19.2 Å². The first-order chi connectivity index (χ1) is 7.68. The summed E-state index contributed by atoms with van der Waals surface area (Å²) in [7, 11) is 0. The summed E-state index contributed by atoms with van der Waals surface area (Å²) in [6, 6.07) is 3.85. The molecular formula is C11H12ClFN2O. The molecule has 1 aromatic rings. The van der Waals surface area contributed by atoms with Crippen LogP contribution in [0.15, 0.2) is 18.2 Å². The van der Waals surface area contributed by atoms with Crippen molar-refractivity contribution in [1.82, 2.24) is 10.2 Å². The predicted molar refractivity (Wildman–Crippen MR) is 60.2 cm³/mol. The lowest BCUT2D eigenvalue weighted by atomic mass is 10.2. The molecule has 1 fully saturated rings. The van der Waals surface area contributed by atoms with Gasteiger partial charge in [0.05, 0.1) is 10.6 Å². The SMILES string of the molecule is O=C(c1ccc(F)cc1Cl)N1CCNCC1. The van der Waals surface area contributed by atoms with Crippen LogP contribution in [-0.4, -0.2) is 37.0 Å². The maximum atomic E-state index is 12.8. The van der Waals surface area contributed by atoms with Gasteiger partial charge in [-0.25, -0.2) is 4.39 Å². The van der Waals surface area contributed by atoms with E-state index in [9.17, 15) is 9.18 Å². The van der Waals surface area contributed by atoms with E-state index in [2.05, 4.69) is 5.32 Å². The molecule has 0 spiro atoms. The van der Waals surface area contributed by atoms with Crippen molar-refractivity contribution >= 4 is 17.5 Å². The molecule has 1 amide bonds. The average Bonchev–Trinajstić information content (AvgIpc) is 2.29. The Bertz CT molecular complexity index is 405. The van der Waals surface area contributed by atoms with Crippen molar-refractivity contribution in [1.29, 1.82) is 0 Å². The Morgan fingerprint density at radius 2 is 2.06 bits per heavy atom. The Morgan fingerprint density at radius 3 is 2.69 bits per heavy atom. The van der Waals surface area contributed by atoms with Crippen LogP contribution in [0.4, 0.5) is 4.39 Å². The van der Waals surface area contributed by atoms with E-state index >= 15 is 0 Å². The Morgan fingerprint density at radius 1 is 1.38 bits per heavy atom. The molecule has 0 aromatic heterocycles. The van der Waals surface area contributed by atoms with Crippen molar-refractivity contribution in [3.8, 4) is 0 Å². The van der Waals surface area contributed by atoms with Gasteiger partial charge in [0.2, 0.25) is 0 Å². The quantitative estimate of drug-likeness (QED) is 0.810. The number of nitrogens with zero attached hydrogens (tertiary/aromatic N) is 1. The smallest absolute Gasteiger partial charge is 0.255 e. The molecule has 0 aliphatic carbocycles. The van der Waals surface area contributed by atoms with Gasteiger partial charge >= 0.3 is 0 Å². The standard InChI is InChI=1S/C11H12ClFN2O/c12-10-7-8(13)1-2-9(10)11(16)15-5-3-14-4-6-15/h1-2,7,14H,3-6H2. The molecule has 3 nitrogen and oxygen atoms in total. The number of halogens is 2. The number of hydrogen-bond donors (Lipinski definition) is 1. The lowest BCUT2D eigenvalue weighted by Crippen LogP contribution is -2.46. The minimum atomic E-state index is -0.429. The number of hydrogen-bond acceptors (Lipinski definition) is 2. The summed E-state index contributed by atoms with van der Waals surface area (Å²) >= 11 is 5.84. The Labute approximate surface area is 98.2 Å². The fourth-order valence-electron chi connectivity index (χ4n) is 1.70. The first kappa shape index (κ1) is 11.4. The summed E-state index contributed by atoms with van der Waals surface area (Å²) in [5, 5.41) is 3.33. The molecule has 1 saturated heterocycles. The van der Waals surface area contributed by atoms with Crippen LogP contribution in [-0.2, 0) is 0 Å². The van der Waals surface area contributed by atoms with Crippen LogP contribution in [0.5, 0.6) is 0 Å². The third kappa shape index (κ3) is 2.33. The highest BCUT2D eigenvalue weighted by Crippen LogP contribution is 2.19. The number of carbonyl (C=O) groups excluding carboxylic acids is 1. The topological polar surface area (TPSA) is 32.3 Å². The van der Waals surface area contributed by atoms with E-state index in [1.807, 2.05) is 0 Å². The van der Waals surface area contributed by atoms with Gasteiger partial charge < -0.3 is 10.2 Å². The van der Waals surface area contributed by atoms with E-state index in [-0.39, 0.29) is 10.9 Å². The maximum Gasteiger partial charge on any atom is 0.255 e. The molecule has 0 bridgehead atoms. The second-order valence-electron chi connectivity index (χ2n) is 3.67. The number of amides is 1. The van der Waals surface area contributed by atoms with Gasteiger partial charge in [0, 0.05) is 26.2 Å². The first-order valence-corrected chi connectivity index (χ1v) is 5.51. The Balaban J connectivity index is 2.19. The van der Waals surface area contributed by atoms with Gasteiger partial charge in [-0.05, 0) is 18.2 Å². The average molecular weight is 243 g/mol. The molecule has 2 rings (SSSR count). The Hall–Kier alpha value is -1.13.